The molecule has 4 rings (SSSR count). The second kappa shape index (κ2) is 6.26. The molecule has 2 heterocycles. The Kier molecular flexibility index (Phi) is 4.02. The number of carbonyl (C=O) groups is 3. The van der Waals surface area contributed by atoms with Gasteiger partial charge in [0.15, 0.2) is 0 Å². The smallest absolute Gasteiger partial charge is 0.259 e. The Morgan fingerprint density at radius 2 is 2.11 bits per heavy atom. The average Bonchev–Trinajstić information content (AvgIpc) is 3.40. The fraction of sp³-hybridized carbons (Fsp3) is 0.350. The number of benzene rings is 1. The summed E-state index contributed by atoms with van der Waals surface area (Å²) < 4.78 is 0. The topological polar surface area (TPSA) is 108 Å². The van der Waals surface area contributed by atoms with E-state index in [0.29, 0.717) is 6.54 Å². The SMILES string of the molecule is CNC(=O)C1=CC(C(N)=O)(C2CC2)CN(Cc2cccc3[nH]ccc23)C1=O. The van der Waals surface area contributed by atoms with Crippen LogP contribution < -0.4 is 11.1 Å². The first kappa shape index (κ1) is 17.3. The summed E-state index contributed by atoms with van der Waals surface area (Å²) >= 11 is 0. The lowest BCUT2D eigenvalue weighted by atomic mass is 9.76. The molecule has 1 fully saturated rings. The van der Waals surface area contributed by atoms with Crippen molar-refractivity contribution in [3.8, 4) is 0 Å². The number of nitrogens with zero attached hydrogens (tertiary/aromatic N) is 1. The summed E-state index contributed by atoms with van der Waals surface area (Å²) in [7, 11) is 1.47. The summed E-state index contributed by atoms with van der Waals surface area (Å²) in [6, 6.07) is 7.78. The van der Waals surface area contributed by atoms with Gasteiger partial charge in [-0.05, 0) is 42.5 Å². The summed E-state index contributed by atoms with van der Waals surface area (Å²) in [6.45, 7) is 0.511. The highest BCUT2D eigenvalue weighted by Crippen LogP contribution is 2.49. The molecule has 140 valence electrons. The molecule has 7 heteroatoms. The van der Waals surface area contributed by atoms with E-state index in [1.54, 1.807) is 4.90 Å². The van der Waals surface area contributed by atoms with Crippen LogP contribution in [0.1, 0.15) is 18.4 Å². The van der Waals surface area contributed by atoms with Crippen molar-refractivity contribution in [3.63, 3.8) is 0 Å². The van der Waals surface area contributed by atoms with Crippen molar-refractivity contribution in [2.24, 2.45) is 17.1 Å². The molecule has 0 spiro atoms. The number of fused-ring (bicyclic) bond motifs is 1. The van der Waals surface area contributed by atoms with E-state index in [0.717, 1.165) is 29.3 Å². The Morgan fingerprint density at radius 1 is 1.33 bits per heavy atom. The van der Waals surface area contributed by atoms with Crippen LogP contribution in [0.5, 0.6) is 0 Å². The first-order chi connectivity index (χ1) is 13.0. The van der Waals surface area contributed by atoms with Gasteiger partial charge in [-0.3, -0.25) is 14.4 Å². The van der Waals surface area contributed by atoms with Crippen molar-refractivity contribution in [1.82, 2.24) is 15.2 Å². The van der Waals surface area contributed by atoms with E-state index in [4.69, 9.17) is 5.73 Å². The maximum absolute atomic E-state index is 13.0. The van der Waals surface area contributed by atoms with Crippen LogP contribution in [-0.4, -0.2) is 41.2 Å². The molecule has 7 nitrogen and oxygen atoms in total. The minimum absolute atomic E-state index is 0.00399. The molecule has 1 aromatic heterocycles. The van der Waals surface area contributed by atoms with E-state index in [1.807, 2.05) is 30.5 Å². The lowest BCUT2D eigenvalue weighted by Crippen LogP contribution is -2.53. The van der Waals surface area contributed by atoms with Gasteiger partial charge in [0.25, 0.3) is 11.8 Å². The molecule has 1 aliphatic heterocycles. The summed E-state index contributed by atoms with van der Waals surface area (Å²) in [4.78, 5) is 42.4. The summed E-state index contributed by atoms with van der Waals surface area (Å²) in [5.74, 6) is -1.27. The van der Waals surface area contributed by atoms with Crippen LogP contribution >= 0.6 is 0 Å². The molecule has 0 saturated heterocycles. The number of hydrogen-bond acceptors (Lipinski definition) is 3. The van der Waals surface area contributed by atoms with Gasteiger partial charge in [0.1, 0.15) is 5.57 Å². The van der Waals surface area contributed by atoms with Gasteiger partial charge in [-0.15, -0.1) is 0 Å². The van der Waals surface area contributed by atoms with Crippen LogP contribution in [0.15, 0.2) is 42.1 Å². The zero-order valence-electron chi connectivity index (χ0n) is 15.1. The van der Waals surface area contributed by atoms with Gasteiger partial charge < -0.3 is 20.9 Å². The van der Waals surface area contributed by atoms with Gasteiger partial charge in [-0.1, -0.05) is 12.1 Å². The van der Waals surface area contributed by atoms with Gasteiger partial charge in [0.2, 0.25) is 5.91 Å². The highest BCUT2D eigenvalue weighted by molar-refractivity contribution is 6.19. The van der Waals surface area contributed by atoms with Gasteiger partial charge in [-0.2, -0.15) is 0 Å². The predicted molar refractivity (Wildman–Crippen MR) is 100 cm³/mol. The van der Waals surface area contributed by atoms with Crippen LogP contribution in [-0.2, 0) is 20.9 Å². The van der Waals surface area contributed by atoms with Crippen molar-refractivity contribution < 1.29 is 14.4 Å². The third-order valence-electron chi connectivity index (χ3n) is 5.65. The molecule has 1 aliphatic carbocycles. The Morgan fingerprint density at radius 3 is 2.78 bits per heavy atom. The van der Waals surface area contributed by atoms with Crippen molar-refractivity contribution in [1.29, 1.82) is 0 Å². The zero-order chi connectivity index (χ0) is 19.2. The molecule has 0 radical (unpaired) electrons. The summed E-state index contributed by atoms with van der Waals surface area (Å²) in [5, 5.41) is 3.51. The normalized spacial score (nSPS) is 22.6. The second-order valence-electron chi connectivity index (χ2n) is 7.33. The number of hydrogen-bond donors (Lipinski definition) is 3. The van der Waals surface area contributed by atoms with E-state index >= 15 is 0 Å². The molecule has 1 saturated carbocycles. The number of aromatic nitrogens is 1. The highest BCUT2D eigenvalue weighted by atomic mass is 16.2. The Bertz CT molecular complexity index is 973. The van der Waals surface area contributed by atoms with Gasteiger partial charge in [0, 0.05) is 37.2 Å². The molecule has 2 aromatic rings. The number of H-pyrrole nitrogens is 1. The molecular formula is C20H22N4O3. The van der Waals surface area contributed by atoms with E-state index in [1.165, 1.54) is 13.1 Å². The maximum Gasteiger partial charge on any atom is 0.259 e. The van der Waals surface area contributed by atoms with Crippen LogP contribution in [0, 0.1) is 11.3 Å². The number of nitrogens with two attached hydrogens (primary N) is 1. The van der Waals surface area contributed by atoms with Crippen molar-refractivity contribution in [2.75, 3.05) is 13.6 Å². The molecular weight excluding hydrogens is 344 g/mol. The number of rotatable bonds is 5. The largest absolute Gasteiger partial charge is 0.369 e. The van der Waals surface area contributed by atoms with E-state index in [2.05, 4.69) is 10.3 Å². The predicted octanol–water partition coefficient (Wildman–Crippen LogP) is 1.06. The van der Waals surface area contributed by atoms with Crippen molar-refractivity contribution in [2.45, 2.75) is 19.4 Å². The lowest BCUT2D eigenvalue weighted by molar-refractivity contribution is -0.137. The van der Waals surface area contributed by atoms with Gasteiger partial charge >= 0.3 is 0 Å². The molecule has 0 bridgehead atoms. The average molecular weight is 366 g/mol. The number of likely N-dealkylation sites (N-methyl/N-ethyl adjacent to an activating group) is 1. The Labute approximate surface area is 156 Å². The maximum atomic E-state index is 13.0. The van der Waals surface area contributed by atoms with Crippen LogP contribution in [0.3, 0.4) is 0 Å². The number of amides is 3. The summed E-state index contributed by atoms with van der Waals surface area (Å²) in [6.07, 6.45) is 5.10. The first-order valence-electron chi connectivity index (χ1n) is 9.05. The quantitative estimate of drug-likeness (QED) is 0.689. The number of carbonyl (C=O) groups excluding carboxylic acids is 3. The van der Waals surface area contributed by atoms with E-state index < -0.39 is 17.2 Å². The molecule has 2 aliphatic rings. The first-order valence-corrected chi connectivity index (χ1v) is 9.05. The fourth-order valence-electron chi connectivity index (χ4n) is 4.04. The van der Waals surface area contributed by atoms with E-state index in [9.17, 15) is 14.4 Å². The monoisotopic (exact) mass is 366 g/mol. The zero-order valence-corrected chi connectivity index (χ0v) is 15.1. The van der Waals surface area contributed by atoms with Gasteiger partial charge in [0.05, 0.1) is 5.41 Å². The number of nitrogens with one attached hydrogen (secondary N) is 2. The molecule has 27 heavy (non-hydrogen) atoms. The molecule has 4 N–H and O–H groups in total. The molecule has 1 atom stereocenters. The Balaban J connectivity index is 1.75. The van der Waals surface area contributed by atoms with Crippen molar-refractivity contribution >= 4 is 28.6 Å². The highest BCUT2D eigenvalue weighted by Gasteiger charge is 2.53. The van der Waals surface area contributed by atoms with Gasteiger partial charge in [-0.25, -0.2) is 0 Å². The molecule has 3 amide bonds. The summed E-state index contributed by atoms with van der Waals surface area (Å²) in [5.41, 5.74) is 6.70. The van der Waals surface area contributed by atoms with Crippen LogP contribution in [0.2, 0.25) is 0 Å². The standard InChI is InChI=1S/C20H22N4O3/c1-22-17(25)15-9-20(19(21)27,13-5-6-13)11-24(18(15)26)10-12-3-2-4-16-14(12)7-8-23-16/h2-4,7-9,13,23H,5-6,10-11H2,1H3,(H2,21,27)(H,22,25). The van der Waals surface area contributed by atoms with Crippen molar-refractivity contribution in [3.05, 3.63) is 47.7 Å². The third-order valence-corrected chi connectivity index (χ3v) is 5.65. The Hall–Kier alpha value is -3.09. The minimum Gasteiger partial charge on any atom is -0.369 e. The molecule has 1 aromatic carbocycles. The minimum atomic E-state index is -0.984. The van der Waals surface area contributed by atoms with E-state index in [-0.39, 0.29) is 23.9 Å². The second-order valence-corrected chi connectivity index (χ2v) is 7.33. The number of primary amides is 1. The van der Waals surface area contributed by atoms with Crippen LogP contribution in [0.25, 0.3) is 10.9 Å². The number of aromatic amines is 1. The lowest BCUT2D eigenvalue weighted by Gasteiger charge is -2.39. The fourth-order valence-corrected chi connectivity index (χ4v) is 4.04. The van der Waals surface area contributed by atoms with Crippen LogP contribution in [0.4, 0.5) is 0 Å². The molecule has 1 unspecified atom stereocenters. The third kappa shape index (κ3) is 2.79.